The quantitative estimate of drug-likeness (QED) is 0.490. The number of hydrogen-bond acceptors (Lipinski definition) is 4. The van der Waals surface area contributed by atoms with E-state index < -0.39 is 18.1 Å². The van der Waals surface area contributed by atoms with Gasteiger partial charge in [0.1, 0.15) is 12.6 Å². The number of nitrogens with one attached hydrogen (secondary N) is 2. The highest BCUT2D eigenvalue weighted by molar-refractivity contribution is 5.84. The third-order valence-electron chi connectivity index (χ3n) is 7.25. The average molecular weight is 479 g/mol. The average Bonchev–Trinajstić information content (AvgIpc) is 3.41. The Morgan fingerprint density at radius 3 is 2.17 bits per heavy atom. The van der Waals surface area contributed by atoms with Crippen molar-refractivity contribution >= 4 is 18.0 Å². The molecular weight excluding hydrogens is 444 g/mol. The van der Waals surface area contributed by atoms with Gasteiger partial charge in [0.15, 0.2) is 0 Å². The summed E-state index contributed by atoms with van der Waals surface area (Å²) in [6, 6.07) is 15.6. The minimum atomic E-state index is -1.01. The van der Waals surface area contributed by atoms with Crippen LogP contribution in [-0.2, 0) is 14.3 Å². The number of benzene rings is 2. The van der Waals surface area contributed by atoms with Crippen molar-refractivity contribution in [3.63, 3.8) is 0 Å². The summed E-state index contributed by atoms with van der Waals surface area (Å²) in [5, 5.41) is 14.8. The number of carboxylic acid groups (broad SMARTS) is 1. The third-order valence-corrected chi connectivity index (χ3v) is 7.25. The number of carbonyl (C=O) groups excluding carboxylic acids is 2. The van der Waals surface area contributed by atoms with Gasteiger partial charge in [0.25, 0.3) is 0 Å². The molecule has 0 saturated heterocycles. The molecule has 0 bridgehead atoms. The van der Waals surface area contributed by atoms with Crippen LogP contribution in [0.4, 0.5) is 4.79 Å². The Kier molecular flexibility index (Phi) is 7.73. The predicted molar refractivity (Wildman–Crippen MR) is 133 cm³/mol. The molecule has 7 nitrogen and oxygen atoms in total. The number of hydrogen-bond donors (Lipinski definition) is 3. The van der Waals surface area contributed by atoms with Crippen LogP contribution < -0.4 is 10.6 Å². The van der Waals surface area contributed by atoms with Crippen LogP contribution in [0.25, 0.3) is 11.1 Å². The molecule has 3 atom stereocenters. The van der Waals surface area contributed by atoms with E-state index >= 15 is 0 Å². The van der Waals surface area contributed by atoms with Crippen molar-refractivity contribution in [2.45, 2.75) is 51.5 Å². The maximum atomic E-state index is 12.4. The molecule has 2 aliphatic rings. The molecule has 0 heterocycles. The first-order valence-electron chi connectivity index (χ1n) is 12.4. The summed E-state index contributed by atoms with van der Waals surface area (Å²) in [6.45, 7) is 4.35. The molecule has 2 unspecified atom stereocenters. The molecule has 1 fully saturated rings. The first-order chi connectivity index (χ1) is 16.8. The molecule has 35 heavy (non-hydrogen) atoms. The molecule has 186 valence electrons. The van der Waals surface area contributed by atoms with Gasteiger partial charge < -0.3 is 20.5 Å². The molecule has 0 spiro atoms. The molecule has 2 aliphatic carbocycles. The standard InChI is InChI=1S/C28H34N2O5/c1-17(2)26(27(32)33)30-25(31)14-18-11-12-19(13-18)15-29-28(34)35-16-24-22-9-5-3-7-20(22)21-8-4-6-10-23(21)24/h3-10,17-19,24,26H,11-16H2,1-2H3,(H,29,34)(H,30,31)(H,32,33)/t18?,19?,26-/m1/s1. The molecule has 2 aromatic rings. The van der Waals surface area contributed by atoms with Crippen LogP contribution in [0.2, 0.25) is 0 Å². The van der Waals surface area contributed by atoms with Crippen molar-refractivity contribution in [1.29, 1.82) is 0 Å². The zero-order valence-electron chi connectivity index (χ0n) is 20.3. The number of carbonyl (C=O) groups is 3. The monoisotopic (exact) mass is 478 g/mol. The van der Waals surface area contributed by atoms with E-state index in [0.29, 0.717) is 13.0 Å². The highest BCUT2D eigenvalue weighted by Gasteiger charge is 2.31. The largest absolute Gasteiger partial charge is 0.480 e. The summed E-state index contributed by atoms with van der Waals surface area (Å²) < 4.78 is 5.61. The van der Waals surface area contributed by atoms with Crippen molar-refractivity contribution in [1.82, 2.24) is 10.6 Å². The van der Waals surface area contributed by atoms with Gasteiger partial charge in [0, 0.05) is 18.9 Å². The Labute approximate surface area is 206 Å². The van der Waals surface area contributed by atoms with E-state index in [9.17, 15) is 19.5 Å². The molecule has 1 saturated carbocycles. The zero-order chi connectivity index (χ0) is 24.9. The molecule has 2 amide bonds. The second-order valence-corrected chi connectivity index (χ2v) is 10.1. The Morgan fingerprint density at radius 2 is 1.57 bits per heavy atom. The lowest BCUT2D eigenvalue weighted by atomic mass is 9.98. The summed E-state index contributed by atoms with van der Waals surface area (Å²) >= 11 is 0. The highest BCUT2D eigenvalue weighted by Crippen LogP contribution is 2.44. The van der Waals surface area contributed by atoms with Crippen LogP contribution in [0.15, 0.2) is 48.5 Å². The molecule has 3 N–H and O–H groups in total. The lowest BCUT2D eigenvalue weighted by Crippen LogP contribution is -2.44. The zero-order valence-corrected chi connectivity index (χ0v) is 20.3. The second kappa shape index (κ2) is 10.9. The van der Waals surface area contributed by atoms with Crippen molar-refractivity contribution in [2.75, 3.05) is 13.2 Å². The third kappa shape index (κ3) is 5.84. The van der Waals surface area contributed by atoms with Gasteiger partial charge in [0.2, 0.25) is 5.91 Å². The van der Waals surface area contributed by atoms with Crippen LogP contribution in [0.5, 0.6) is 0 Å². The molecule has 7 heteroatoms. The Hall–Kier alpha value is -3.35. The Morgan fingerprint density at radius 1 is 0.971 bits per heavy atom. The van der Waals surface area contributed by atoms with E-state index in [0.717, 1.165) is 19.3 Å². The normalized spacial score (nSPS) is 19.6. The Bertz CT molecular complexity index is 1040. The predicted octanol–water partition coefficient (Wildman–Crippen LogP) is 4.56. The van der Waals surface area contributed by atoms with Gasteiger partial charge in [-0.3, -0.25) is 4.79 Å². The molecular formula is C28H34N2O5. The van der Waals surface area contributed by atoms with E-state index in [1.54, 1.807) is 13.8 Å². The topological polar surface area (TPSA) is 105 Å². The summed E-state index contributed by atoms with van der Waals surface area (Å²) in [5.41, 5.74) is 4.75. The minimum Gasteiger partial charge on any atom is -0.480 e. The minimum absolute atomic E-state index is 0.0305. The van der Waals surface area contributed by atoms with E-state index in [1.807, 2.05) is 24.3 Å². The van der Waals surface area contributed by atoms with E-state index in [4.69, 9.17) is 4.74 Å². The van der Waals surface area contributed by atoms with Gasteiger partial charge in [-0.1, -0.05) is 62.4 Å². The SMILES string of the molecule is CC(C)[C@@H](NC(=O)CC1CCC(CNC(=O)OCC2c3ccccc3-c3ccccc32)C1)C(=O)O. The lowest BCUT2D eigenvalue weighted by Gasteiger charge is -2.19. The summed E-state index contributed by atoms with van der Waals surface area (Å²) in [5.74, 6) is -0.886. The van der Waals surface area contributed by atoms with Crippen molar-refractivity contribution in [3.8, 4) is 11.1 Å². The van der Waals surface area contributed by atoms with Crippen molar-refractivity contribution < 1.29 is 24.2 Å². The van der Waals surface area contributed by atoms with Gasteiger partial charge >= 0.3 is 12.1 Å². The van der Waals surface area contributed by atoms with Crippen molar-refractivity contribution in [3.05, 3.63) is 59.7 Å². The first-order valence-corrected chi connectivity index (χ1v) is 12.4. The highest BCUT2D eigenvalue weighted by atomic mass is 16.5. The van der Waals surface area contributed by atoms with Gasteiger partial charge in [-0.15, -0.1) is 0 Å². The fraction of sp³-hybridized carbons (Fsp3) is 0.464. The molecule has 0 radical (unpaired) electrons. The number of carboxylic acids is 1. The van der Waals surface area contributed by atoms with Crippen LogP contribution in [0, 0.1) is 17.8 Å². The van der Waals surface area contributed by atoms with Crippen LogP contribution in [0.1, 0.15) is 56.6 Å². The fourth-order valence-corrected chi connectivity index (χ4v) is 5.43. The number of ether oxygens (including phenoxy) is 1. The van der Waals surface area contributed by atoms with E-state index in [-0.39, 0.29) is 36.2 Å². The molecule has 0 aliphatic heterocycles. The number of alkyl carbamates (subject to hydrolysis) is 1. The van der Waals surface area contributed by atoms with Crippen LogP contribution in [-0.4, -0.2) is 42.3 Å². The number of fused-ring (bicyclic) bond motifs is 3. The van der Waals surface area contributed by atoms with Crippen molar-refractivity contribution in [2.24, 2.45) is 17.8 Å². The molecule has 0 aromatic heterocycles. The Balaban J connectivity index is 1.21. The number of amides is 2. The second-order valence-electron chi connectivity index (χ2n) is 10.1. The molecule has 2 aromatic carbocycles. The number of rotatable bonds is 9. The van der Waals surface area contributed by atoms with Crippen LogP contribution >= 0.6 is 0 Å². The summed E-state index contributed by atoms with van der Waals surface area (Å²) in [6.07, 6.45) is 2.54. The summed E-state index contributed by atoms with van der Waals surface area (Å²) in [7, 11) is 0. The number of aliphatic carboxylic acids is 1. The first kappa shape index (κ1) is 24.8. The molecule has 4 rings (SSSR count). The van der Waals surface area contributed by atoms with Gasteiger partial charge in [0.05, 0.1) is 0 Å². The van der Waals surface area contributed by atoms with Gasteiger partial charge in [-0.05, 0) is 59.3 Å². The van der Waals surface area contributed by atoms with Gasteiger partial charge in [-0.25, -0.2) is 9.59 Å². The smallest absolute Gasteiger partial charge is 0.407 e. The van der Waals surface area contributed by atoms with Crippen LogP contribution in [0.3, 0.4) is 0 Å². The summed E-state index contributed by atoms with van der Waals surface area (Å²) in [4.78, 5) is 36.1. The fourth-order valence-electron chi connectivity index (χ4n) is 5.43. The van der Waals surface area contributed by atoms with E-state index in [2.05, 4.69) is 34.9 Å². The lowest BCUT2D eigenvalue weighted by molar-refractivity contribution is -0.143. The maximum Gasteiger partial charge on any atom is 0.407 e. The van der Waals surface area contributed by atoms with Gasteiger partial charge in [-0.2, -0.15) is 0 Å². The maximum absolute atomic E-state index is 12.4. The van der Waals surface area contributed by atoms with E-state index in [1.165, 1.54) is 22.3 Å².